The number of aromatic nitrogens is 2. The molecule has 0 bridgehead atoms. The van der Waals surface area contributed by atoms with E-state index >= 15 is 0 Å². The van der Waals surface area contributed by atoms with Crippen LogP contribution in [-0.4, -0.2) is 22.5 Å². The molecule has 0 atom stereocenters. The van der Waals surface area contributed by atoms with Crippen LogP contribution < -0.4 is 10.1 Å². The molecule has 29 heavy (non-hydrogen) atoms. The second kappa shape index (κ2) is 8.90. The fourth-order valence-corrected chi connectivity index (χ4v) is 3.64. The summed E-state index contributed by atoms with van der Waals surface area (Å²) in [5.41, 5.74) is 1.07. The zero-order valence-electron chi connectivity index (χ0n) is 16.6. The van der Waals surface area contributed by atoms with Gasteiger partial charge < -0.3 is 14.5 Å². The van der Waals surface area contributed by atoms with E-state index in [0.717, 1.165) is 5.56 Å². The molecule has 1 fully saturated rings. The summed E-state index contributed by atoms with van der Waals surface area (Å²) >= 11 is 0. The molecule has 1 aromatic carbocycles. The molecule has 1 amide bonds. The molecule has 0 unspecified atom stereocenters. The molecule has 0 radical (unpaired) electrons. The molecule has 1 aliphatic carbocycles. The van der Waals surface area contributed by atoms with Gasteiger partial charge in [0, 0.05) is 11.8 Å². The van der Waals surface area contributed by atoms with Crippen molar-refractivity contribution in [1.82, 2.24) is 9.97 Å². The Balaban J connectivity index is 1.47. The first-order valence-electron chi connectivity index (χ1n) is 10.1. The lowest BCUT2D eigenvalue weighted by atomic mass is 9.90. The third-order valence-electron chi connectivity index (χ3n) is 5.23. The molecular weight excluding hydrogens is 366 g/mol. The Morgan fingerprint density at radius 1 is 1.14 bits per heavy atom. The van der Waals surface area contributed by atoms with Gasteiger partial charge in [0.25, 0.3) is 5.91 Å². The highest BCUT2D eigenvalue weighted by Crippen LogP contribution is 2.28. The second-order valence-electron chi connectivity index (χ2n) is 7.41. The summed E-state index contributed by atoms with van der Waals surface area (Å²) < 4.78 is 11.7. The lowest BCUT2D eigenvalue weighted by Gasteiger charge is -2.22. The lowest BCUT2D eigenvalue weighted by molar-refractivity contribution is 0.102. The van der Waals surface area contributed by atoms with Crippen molar-refractivity contribution in [2.75, 3.05) is 11.9 Å². The molecule has 2 heterocycles. The maximum absolute atomic E-state index is 12.8. The number of amides is 1. The number of hydrogen-bond donors (Lipinski definition) is 1. The molecule has 3 aromatic rings. The minimum Gasteiger partial charge on any atom is -0.489 e. The predicted molar refractivity (Wildman–Crippen MR) is 111 cm³/mol. The van der Waals surface area contributed by atoms with Gasteiger partial charge in [0.2, 0.25) is 5.89 Å². The van der Waals surface area contributed by atoms with E-state index in [2.05, 4.69) is 15.3 Å². The zero-order valence-corrected chi connectivity index (χ0v) is 16.6. The summed E-state index contributed by atoms with van der Waals surface area (Å²) in [6.07, 6.45) is 7.87. The predicted octanol–water partition coefficient (Wildman–Crippen LogP) is 5.26. The van der Waals surface area contributed by atoms with Crippen LogP contribution in [0.2, 0.25) is 0 Å². The third-order valence-corrected chi connectivity index (χ3v) is 5.23. The standard InChI is InChI=1S/C23H25N3O3/c1-16-20(25-23(29-16)18-11-6-3-7-12-18)22(27)26-21-19(13-8-14-24-21)28-15-17-9-4-2-5-10-17/h3,6-8,11-14,17H,2,4-5,9-10,15H2,1H3,(H,24,26,27). The summed E-state index contributed by atoms with van der Waals surface area (Å²) in [7, 11) is 0. The van der Waals surface area contributed by atoms with E-state index in [4.69, 9.17) is 9.15 Å². The largest absolute Gasteiger partial charge is 0.489 e. The number of hydrogen-bond acceptors (Lipinski definition) is 5. The van der Waals surface area contributed by atoms with Crippen molar-refractivity contribution in [2.45, 2.75) is 39.0 Å². The highest BCUT2D eigenvalue weighted by molar-refractivity contribution is 6.04. The van der Waals surface area contributed by atoms with Crippen LogP contribution in [-0.2, 0) is 0 Å². The molecule has 150 valence electrons. The smallest absolute Gasteiger partial charge is 0.279 e. The molecule has 6 heteroatoms. The van der Waals surface area contributed by atoms with Gasteiger partial charge in [-0.3, -0.25) is 4.79 Å². The molecule has 1 saturated carbocycles. The van der Waals surface area contributed by atoms with Gasteiger partial charge in [-0.05, 0) is 49.9 Å². The highest BCUT2D eigenvalue weighted by atomic mass is 16.5. The van der Waals surface area contributed by atoms with Gasteiger partial charge in [0.1, 0.15) is 5.76 Å². The number of benzene rings is 1. The molecule has 2 aromatic heterocycles. The van der Waals surface area contributed by atoms with E-state index in [1.165, 1.54) is 32.1 Å². The number of nitrogens with zero attached hydrogens (tertiary/aromatic N) is 2. The first-order valence-corrected chi connectivity index (χ1v) is 10.1. The zero-order chi connectivity index (χ0) is 20.1. The van der Waals surface area contributed by atoms with Crippen LogP contribution >= 0.6 is 0 Å². The molecule has 0 saturated heterocycles. The normalized spacial score (nSPS) is 14.5. The van der Waals surface area contributed by atoms with Crippen molar-refractivity contribution in [3.05, 3.63) is 60.1 Å². The van der Waals surface area contributed by atoms with E-state index in [1.54, 1.807) is 19.2 Å². The van der Waals surface area contributed by atoms with Gasteiger partial charge in [-0.25, -0.2) is 9.97 Å². The van der Waals surface area contributed by atoms with Crippen molar-refractivity contribution in [3.8, 4) is 17.2 Å². The Morgan fingerprint density at radius 3 is 2.72 bits per heavy atom. The molecule has 6 nitrogen and oxygen atoms in total. The maximum Gasteiger partial charge on any atom is 0.279 e. The summed E-state index contributed by atoms with van der Waals surface area (Å²) in [6.45, 7) is 2.38. The summed E-state index contributed by atoms with van der Waals surface area (Å²) in [5.74, 6) is 2.06. The minimum absolute atomic E-state index is 0.243. The number of oxazole rings is 1. The number of nitrogens with one attached hydrogen (secondary N) is 1. The van der Waals surface area contributed by atoms with E-state index < -0.39 is 0 Å². The SMILES string of the molecule is Cc1oc(-c2ccccc2)nc1C(=O)Nc1ncccc1OCC1CCCCC1. The second-order valence-corrected chi connectivity index (χ2v) is 7.41. The molecule has 1 N–H and O–H groups in total. The van der Waals surface area contributed by atoms with Crippen molar-refractivity contribution in [2.24, 2.45) is 5.92 Å². The van der Waals surface area contributed by atoms with Crippen LogP contribution in [0.4, 0.5) is 5.82 Å². The Kier molecular flexibility index (Phi) is 5.89. The number of anilines is 1. The van der Waals surface area contributed by atoms with Gasteiger partial charge in [-0.2, -0.15) is 0 Å². The Bertz CT molecular complexity index is 963. The Morgan fingerprint density at radius 2 is 1.93 bits per heavy atom. The van der Waals surface area contributed by atoms with Crippen LogP contribution in [0.15, 0.2) is 53.1 Å². The number of carbonyl (C=O) groups excluding carboxylic acids is 1. The van der Waals surface area contributed by atoms with Crippen molar-refractivity contribution in [1.29, 1.82) is 0 Å². The van der Waals surface area contributed by atoms with Gasteiger partial charge in [0.15, 0.2) is 17.3 Å². The van der Waals surface area contributed by atoms with Gasteiger partial charge in [-0.15, -0.1) is 0 Å². The quantitative estimate of drug-likeness (QED) is 0.620. The van der Waals surface area contributed by atoms with Gasteiger partial charge >= 0.3 is 0 Å². The number of pyridine rings is 1. The fourth-order valence-electron chi connectivity index (χ4n) is 3.64. The van der Waals surface area contributed by atoms with Crippen LogP contribution in [0, 0.1) is 12.8 Å². The van der Waals surface area contributed by atoms with Crippen LogP contribution in [0.3, 0.4) is 0 Å². The molecule has 4 rings (SSSR count). The van der Waals surface area contributed by atoms with E-state index in [1.807, 2.05) is 36.4 Å². The average molecular weight is 391 g/mol. The van der Waals surface area contributed by atoms with Crippen LogP contribution in [0.25, 0.3) is 11.5 Å². The topological polar surface area (TPSA) is 77.3 Å². The maximum atomic E-state index is 12.8. The van der Waals surface area contributed by atoms with Crippen molar-refractivity contribution in [3.63, 3.8) is 0 Å². The van der Waals surface area contributed by atoms with Gasteiger partial charge in [0.05, 0.1) is 6.61 Å². The number of aryl methyl sites for hydroxylation is 1. The number of carbonyl (C=O) groups is 1. The summed E-state index contributed by atoms with van der Waals surface area (Å²) in [6, 6.07) is 13.1. The van der Waals surface area contributed by atoms with Crippen molar-refractivity contribution >= 4 is 11.7 Å². The minimum atomic E-state index is -0.366. The average Bonchev–Trinajstić information content (AvgIpc) is 3.16. The van der Waals surface area contributed by atoms with E-state index in [9.17, 15) is 4.79 Å². The summed E-state index contributed by atoms with van der Waals surface area (Å²) in [5, 5.41) is 2.82. The van der Waals surface area contributed by atoms with Gasteiger partial charge in [-0.1, -0.05) is 37.5 Å². The first-order chi connectivity index (χ1) is 14.2. The third kappa shape index (κ3) is 4.65. The fraction of sp³-hybridized carbons (Fsp3) is 0.348. The highest BCUT2D eigenvalue weighted by Gasteiger charge is 2.20. The Hall–Kier alpha value is -3.15. The molecule has 0 aliphatic heterocycles. The number of ether oxygens (including phenoxy) is 1. The van der Waals surface area contributed by atoms with Crippen LogP contribution in [0.5, 0.6) is 5.75 Å². The lowest BCUT2D eigenvalue weighted by Crippen LogP contribution is -2.18. The number of rotatable bonds is 6. The van der Waals surface area contributed by atoms with E-state index in [-0.39, 0.29) is 11.6 Å². The van der Waals surface area contributed by atoms with E-state index in [0.29, 0.717) is 35.7 Å². The first kappa shape index (κ1) is 19.2. The monoisotopic (exact) mass is 391 g/mol. The molecule has 1 aliphatic rings. The molecular formula is C23H25N3O3. The summed E-state index contributed by atoms with van der Waals surface area (Å²) in [4.78, 5) is 21.5. The molecule has 0 spiro atoms. The van der Waals surface area contributed by atoms with Crippen molar-refractivity contribution < 1.29 is 13.9 Å². The van der Waals surface area contributed by atoms with Crippen LogP contribution in [0.1, 0.15) is 48.4 Å². The Labute approximate surface area is 170 Å².